The molecule has 61 heavy (non-hydrogen) atoms. The van der Waals surface area contributed by atoms with E-state index in [0.29, 0.717) is 0 Å². The number of pyridine rings is 2. The Balaban J connectivity index is 1.14. The summed E-state index contributed by atoms with van der Waals surface area (Å²) >= 11 is 0. The van der Waals surface area contributed by atoms with Crippen molar-refractivity contribution in [2.75, 3.05) is 0 Å². The van der Waals surface area contributed by atoms with Crippen LogP contribution in [0.5, 0.6) is 0 Å². The van der Waals surface area contributed by atoms with Crippen LogP contribution in [0.1, 0.15) is 48.7 Å². The van der Waals surface area contributed by atoms with E-state index < -0.39 is 0 Å². The lowest BCUT2D eigenvalue weighted by Gasteiger charge is -2.17. The van der Waals surface area contributed by atoms with Gasteiger partial charge in [0.05, 0.1) is 11.0 Å². The van der Waals surface area contributed by atoms with Gasteiger partial charge in [-0.05, 0) is 136 Å². The van der Waals surface area contributed by atoms with Crippen LogP contribution in [0.2, 0.25) is 0 Å². The van der Waals surface area contributed by atoms with Gasteiger partial charge in [-0.3, -0.25) is 9.97 Å². The Morgan fingerprint density at radius 2 is 1.21 bits per heavy atom. The summed E-state index contributed by atoms with van der Waals surface area (Å²) in [6.07, 6.45) is 18.4. The standard InChI is InChI=1S/C58H49N3/c1-8-9-18-40(4)54(50-24-14-13-23-47(50)42(6)39(3)28-27-38(2)41(5)35-55-43(7)61-56-26-16-15-25-51(55)56)37-44-19-17-22-46(36-44)49-32-34-60-58-53(49)30-29-52-48(31-33-59-57(52)58)45-20-11-10-12-21-45/h8-37,61H,1,4,6H2,2-3,5,7H3. The molecule has 8 aromatic rings. The normalized spacial score (nSPS) is 12.8. The number of fused-ring (bicyclic) bond motifs is 4. The first-order chi connectivity index (χ1) is 29.7. The topological polar surface area (TPSA) is 41.6 Å². The molecule has 8 rings (SSSR count). The lowest BCUT2D eigenvalue weighted by Crippen LogP contribution is -1.96. The maximum atomic E-state index is 4.87. The number of allylic oxidation sites excluding steroid dienone is 11. The lowest BCUT2D eigenvalue weighted by molar-refractivity contribution is 1.28. The van der Waals surface area contributed by atoms with Gasteiger partial charge >= 0.3 is 0 Å². The third kappa shape index (κ3) is 8.32. The van der Waals surface area contributed by atoms with E-state index >= 15 is 0 Å². The van der Waals surface area contributed by atoms with E-state index in [1.165, 1.54) is 27.8 Å². The zero-order valence-corrected chi connectivity index (χ0v) is 35.3. The highest BCUT2D eigenvalue weighted by Gasteiger charge is 2.15. The van der Waals surface area contributed by atoms with E-state index in [1.54, 1.807) is 6.08 Å². The van der Waals surface area contributed by atoms with Crippen LogP contribution in [0.3, 0.4) is 0 Å². The van der Waals surface area contributed by atoms with Crippen molar-refractivity contribution in [2.24, 2.45) is 0 Å². The molecule has 0 saturated heterocycles. The second-order valence-corrected chi connectivity index (χ2v) is 15.5. The molecule has 1 N–H and O–H groups in total. The molecule has 3 nitrogen and oxygen atoms in total. The molecule has 0 aliphatic rings. The Hall–Kier alpha value is -7.62. The Kier molecular flexibility index (Phi) is 11.7. The number of hydrogen-bond acceptors (Lipinski definition) is 2. The number of rotatable bonds is 12. The average Bonchev–Trinajstić information content (AvgIpc) is 3.62. The minimum atomic E-state index is 0.873. The van der Waals surface area contributed by atoms with Gasteiger partial charge < -0.3 is 4.98 Å². The molecule has 3 heteroatoms. The summed E-state index contributed by atoms with van der Waals surface area (Å²) in [4.78, 5) is 13.2. The molecule has 3 aromatic heterocycles. The molecule has 296 valence electrons. The third-order valence-corrected chi connectivity index (χ3v) is 11.5. The highest BCUT2D eigenvalue weighted by atomic mass is 14.7. The first kappa shape index (κ1) is 40.2. The number of aromatic nitrogens is 3. The fourth-order valence-corrected chi connectivity index (χ4v) is 8.02. The SMILES string of the molecule is C=CC=CC(=C)C(=Cc1cccc(-c2ccnc3c2ccc2c(-c4ccccc4)ccnc23)c1)c1ccccc1C(=C)C(C)=CC=C(C)C(C)=Cc1c(C)[nH]c2ccccc12. The number of nitrogens with zero attached hydrogens (tertiary/aromatic N) is 2. The Morgan fingerprint density at radius 1 is 0.590 bits per heavy atom. The summed E-state index contributed by atoms with van der Waals surface area (Å²) in [5.74, 6) is 0. The average molecular weight is 788 g/mol. The molecule has 0 amide bonds. The number of hydrogen-bond donors (Lipinski definition) is 1. The summed E-state index contributed by atoms with van der Waals surface area (Å²) in [7, 11) is 0. The second kappa shape index (κ2) is 17.7. The predicted octanol–water partition coefficient (Wildman–Crippen LogP) is 15.8. The smallest absolute Gasteiger partial charge is 0.0970 e. The number of aromatic amines is 1. The first-order valence-corrected chi connectivity index (χ1v) is 20.6. The Bertz CT molecular complexity index is 3160. The van der Waals surface area contributed by atoms with Crippen molar-refractivity contribution in [1.82, 2.24) is 15.0 Å². The molecule has 0 atom stereocenters. The van der Waals surface area contributed by atoms with Gasteiger partial charge in [-0.15, -0.1) is 0 Å². The van der Waals surface area contributed by atoms with E-state index in [9.17, 15) is 0 Å². The van der Waals surface area contributed by atoms with Crippen LogP contribution in [0.4, 0.5) is 0 Å². The quantitative estimate of drug-likeness (QED) is 0.0761. The molecule has 0 radical (unpaired) electrons. The van der Waals surface area contributed by atoms with E-state index in [0.717, 1.165) is 88.6 Å². The van der Waals surface area contributed by atoms with Crippen molar-refractivity contribution in [3.63, 3.8) is 0 Å². The predicted molar refractivity (Wildman–Crippen MR) is 264 cm³/mol. The highest BCUT2D eigenvalue weighted by molar-refractivity contribution is 6.12. The number of H-pyrrole nitrogens is 1. The number of nitrogens with one attached hydrogen (secondary N) is 1. The van der Waals surface area contributed by atoms with Gasteiger partial charge in [0.25, 0.3) is 0 Å². The van der Waals surface area contributed by atoms with Crippen LogP contribution in [0.15, 0.2) is 212 Å². The second-order valence-electron chi connectivity index (χ2n) is 15.5. The van der Waals surface area contributed by atoms with Crippen LogP contribution in [-0.2, 0) is 0 Å². The van der Waals surface area contributed by atoms with Crippen molar-refractivity contribution >= 4 is 56.0 Å². The fourth-order valence-electron chi connectivity index (χ4n) is 8.02. The zero-order valence-electron chi connectivity index (χ0n) is 35.3. The van der Waals surface area contributed by atoms with Gasteiger partial charge in [-0.25, -0.2) is 0 Å². The maximum Gasteiger partial charge on any atom is 0.0970 e. The van der Waals surface area contributed by atoms with Gasteiger partial charge in [0.1, 0.15) is 0 Å². The van der Waals surface area contributed by atoms with E-state index in [1.807, 2.05) is 30.6 Å². The Morgan fingerprint density at radius 3 is 1.93 bits per heavy atom. The molecule has 0 spiro atoms. The molecule has 0 fully saturated rings. The van der Waals surface area contributed by atoms with Crippen molar-refractivity contribution in [2.45, 2.75) is 27.7 Å². The minimum Gasteiger partial charge on any atom is -0.358 e. The largest absolute Gasteiger partial charge is 0.358 e. The van der Waals surface area contributed by atoms with Crippen LogP contribution >= 0.6 is 0 Å². The molecule has 0 unspecified atom stereocenters. The molecule has 5 aromatic carbocycles. The first-order valence-electron chi connectivity index (χ1n) is 20.6. The van der Waals surface area contributed by atoms with Gasteiger partial charge in [-0.2, -0.15) is 0 Å². The number of para-hydroxylation sites is 1. The van der Waals surface area contributed by atoms with Crippen LogP contribution in [0.25, 0.3) is 78.3 Å². The van der Waals surface area contributed by atoms with Crippen molar-refractivity contribution < 1.29 is 0 Å². The van der Waals surface area contributed by atoms with E-state index in [-0.39, 0.29) is 0 Å². The molecule has 0 aliphatic heterocycles. The van der Waals surface area contributed by atoms with Gasteiger partial charge in [0.15, 0.2) is 0 Å². The zero-order chi connectivity index (χ0) is 42.5. The minimum absolute atomic E-state index is 0.873. The van der Waals surface area contributed by atoms with Crippen molar-refractivity contribution in [3.05, 3.63) is 240 Å². The fraction of sp³-hybridized carbons (Fsp3) is 0.0690. The highest BCUT2D eigenvalue weighted by Crippen LogP contribution is 2.38. The Labute approximate surface area is 359 Å². The summed E-state index contributed by atoms with van der Waals surface area (Å²) in [6.45, 7) is 21.7. The van der Waals surface area contributed by atoms with Gasteiger partial charge in [0, 0.05) is 45.3 Å². The van der Waals surface area contributed by atoms with E-state index in [4.69, 9.17) is 9.97 Å². The van der Waals surface area contributed by atoms with Crippen molar-refractivity contribution in [3.8, 4) is 22.3 Å². The molecule has 0 saturated carbocycles. The van der Waals surface area contributed by atoms with Gasteiger partial charge in [0.2, 0.25) is 0 Å². The van der Waals surface area contributed by atoms with Crippen LogP contribution < -0.4 is 0 Å². The number of benzene rings is 5. The van der Waals surface area contributed by atoms with Crippen molar-refractivity contribution in [1.29, 1.82) is 0 Å². The van der Waals surface area contributed by atoms with Crippen LogP contribution in [-0.4, -0.2) is 15.0 Å². The summed E-state index contributed by atoms with van der Waals surface area (Å²) in [5, 5.41) is 3.37. The summed E-state index contributed by atoms with van der Waals surface area (Å²) < 4.78 is 0. The van der Waals surface area contributed by atoms with Crippen LogP contribution in [0, 0.1) is 6.92 Å². The lowest BCUT2D eigenvalue weighted by atomic mass is 9.87. The summed E-state index contributed by atoms with van der Waals surface area (Å²) in [6, 6.07) is 44.6. The molecular weight excluding hydrogens is 739 g/mol. The molecular formula is C58H49N3. The number of aryl methyl sites for hydroxylation is 1. The molecule has 0 bridgehead atoms. The monoisotopic (exact) mass is 787 g/mol. The summed E-state index contributed by atoms with van der Waals surface area (Å²) in [5.41, 5.74) is 19.3. The van der Waals surface area contributed by atoms with E-state index in [2.05, 4.69) is 198 Å². The van der Waals surface area contributed by atoms with Gasteiger partial charge in [-0.1, -0.05) is 153 Å². The molecule has 3 heterocycles. The maximum absolute atomic E-state index is 4.87. The third-order valence-electron chi connectivity index (χ3n) is 11.5. The molecule has 0 aliphatic carbocycles.